The van der Waals surface area contributed by atoms with Crippen molar-refractivity contribution in [1.29, 1.82) is 0 Å². The molecule has 0 fully saturated rings. The highest BCUT2D eigenvalue weighted by molar-refractivity contribution is 7.98. The molecule has 0 bridgehead atoms. The number of halogens is 1. The summed E-state index contributed by atoms with van der Waals surface area (Å²) < 4.78 is 17.2. The first kappa shape index (κ1) is 12.2. The van der Waals surface area contributed by atoms with E-state index in [1.165, 1.54) is 28.4 Å². The van der Waals surface area contributed by atoms with Crippen LogP contribution in [0.1, 0.15) is 9.11 Å². The minimum atomic E-state index is -1.96. The monoisotopic (exact) mass is 312 g/mol. The Morgan fingerprint density at radius 2 is 2.45 bits per heavy atom. The van der Waals surface area contributed by atoms with E-state index in [0.29, 0.717) is 11.4 Å². The molecule has 0 spiro atoms. The van der Waals surface area contributed by atoms with Gasteiger partial charge in [-0.25, -0.2) is 4.68 Å². The van der Waals surface area contributed by atoms with Crippen LogP contribution in [0.15, 0.2) is 30.7 Å². The molecule has 7 heteroatoms. The first-order valence-electron chi connectivity index (χ1n) is 6.79. The molecule has 2 rings (SSSR count). The number of aromatic nitrogens is 3. The molecule has 20 heavy (non-hydrogen) atoms. The number of pyridine rings is 1. The number of nitrogens with zero attached hydrogens (tertiary/aromatic N) is 4. The maximum atomic E-state index is 12.3. The second kappa shape index (κ2) is 6.76. The van der Waals surface area contributed by atoms with E-state index >= 15 is 0 Å². The summed E-state index contributed by atoms with van der Waals surface area (Å²) in [4.78, 5) is 17.5. The van der Waals surface area contributed by atoms with Gasteiger partial charge in [-0.1, -0.05) is 11.6 Å². The van der Waals surface area contributed by atoms with Crippen LogP contribution in [0.25, 0.3) is 5.69 Å². The molecular weight excluding hydrogens is 296 g/mol. The average molecular weight is 313 g/mol. The first-order valence-corrected chi connectivity index (χ1v) is 7.56. The summed E-state index contributed by atoms with van der Waals surface area (Å²) in [5.74, 6) is -0.584. The Kier molecular flexibility index (Phi) is 4.14. The van der Waals surface area contributed by atoms with Crippen molar-refractivity contribution in [2.45, 2.75) is 6.37 Å². The van der Waals surface area contributed by atoms with E-state index in [-0.39, 0.29) is 10.9 Å². The number of rotatable bonds is 5. The molecule has 2 heterocycles. The number of hydrogen-bond donors (Lipinski definition) is 0. The van der Waals surface area contributed by atoms with Gasteiger partial charge < -0.3 is 4.90 Å². The molecule has 0 unspecified atom stereocenters. The smallest absolute Gasteiger partial charge is 0.227 e. The maximum Gasteiger partial charge on any atom is 0.227 e. The molecule has 0 aliphatic heterocycles. The molecule has 5 nitrogen and oxygen atoms in total. The van der Waals surface area contributed by atoms with E-state index < -0.39 is 12.3 Å². The molecule has 0 saturated carbocycles. The molecule has 0 aliphatic carbocycles. The second-order valence-corrected chi connectivity index (χ2v) is 5.16. The van der Waals surface area contributed by atoms with E-state index in [0.717, 1.165) is 0 Å². The minimum Gasteiger partial charge on any atom is -0.311 e. The lowest BCUT2D eigenvalue weighted by atomic mass is 10.4. The van der Waals surface area contributed by atoms with Gasteiger partial charge in [0.2, 0.25) is 5.91 Å². The summed E-state index contributed by atoms with van der Waals surface area (Å²) in [6, 6.07) is 3.56. The Morgan fingerprint density at radius 3 is 3.10 bits per heavy atom. The highest BCUT2D eigenvalue weighted by Crippen LogP contribution is 2.25. The average Bonchev–Trinajstić information content (AvgIpc) is 2.88. The standard InChI is InChI=1S/C13H15ClN4OS/c1-17(12(19)5-7-20-2)11-9-18(16-13(11)14)10-4-3-6-15-8-10/h3-4,6,8-9H,5,7H2,1-2H3/i5D2. The van der Waals surface area contributed by atoms with Gasteiger partial charge in [0.25, 0.3) is 0 Å². The van der Waals surface area contributed by atoms with E-state index in [9.17, 15) is 4.79 Å². The number of amides is 1. The van der Waals surface area contributed by atoms with Crippen LogP contribution in [0.4, 0.5) is 5.69 Å². The zero-order valence-corrected chi connectivity index (χ0v) is 12.6. The van der Waals surface area contributed by atoms with Crippen molar-refractivity contribution in [1.82, 2.24) is 14.8 Å². The number of carbonyl (C=O) groups excluding carboxylic acids is 1. The molecule has 0 N–H and O–H groups in total. The highest BCUT2D eigenvalue weighted by atomic mass is 35.5. The van der Waals surface area contributed by atoms with Gasteiger partial charge in [-0.2, -0.15) is 16.9 Å². The van der Waals surface area contributed by atoms with Crippen molar-refractivity contribution in [3.05, 3.63) is 35.9 Å². The second-order valence-electron chi connectivity index (χ2n) is 3.93. The van der Waals surface area contributed by atoms with Gasteiger partial charge >= 0.3 is 0 Å². The lowest BCUT2D eigenvalue weighted by Crippen LogP contribution is -2.26. The predicted molar refractivity (Wildman–Crippen MR) is 82.8 cm³/mol. The first-order chi connectivity index (χ1) is 10.4. The summed E-state index contributed by atoms with van der Waals surface area (Å²) in [6.07, 6.45) is 4.61. The predicted octanol–water partition coefficient (Wildman–Crippen LogP) is 2.64. The molecule has 0 radical (unpaired) electrons. The molecule has 0 aromatic carbocycles. The topological polar surface area (TPSA) is 51.0 Å². The molecule has 0 aliphatic rings. The Bertz CT molecular complexity index is 665. The third-order valence-corrected chi connectivity index (χ3v) is 3.30. The number of hydrogen-bond acceptors (Lipinski definition) is 4. The summed E-state index contributed by atoms with van der Waals surface area (Å²) in [5.41, 5.74) is 1.05. The van der Waals surface area contributed by atoms with E-state index in [1.54, 1.807) is 37.0 Å². The van der Waals surface area contributed by atoms with Crippen LogP contribution in [-0.4, -0.2) is 39.7 Å². The Labute approximate surface area is 129 Å². The Morgan fingerprint density at radius 1 is 1.65 bits per heavy atom. The highest BCUT2D eigenvalue weighted by Gasteiger charge is 2.17. The molecule has 2 aromatic rings. The van der Waals surface area contributed by atoms with Crippen LogP contribution in [0.3, 0.4) is 0 Å². The van der Waals surface area contributed by atoms with Crippen molar-refractivity contribution < 1.29 is 7.54 Å². The van der Waals surface area contributed by atoms with Gasteiger partial charge in [-0.05, 0) is 18.4 Å². The quantitative estimate of drug-likeness (QED) is 0.851. The zero-order chi connectivity index (χ0) is 16.3. The summed E-state index contributed by atoms with van der Waals surface area (Å²) in [7, 11) is 1.48. The van der Waals surface area contributed by atoms with Crippen LogP contribution in [0.2, 0.25) is 5.15 Å². The van der Waals surface area contributed by atoms with Gasteiger partial charge in [0.05, 0.1) is 18.1 Å². The number of carbonyl (C=O) groups is 1. The molecular formula is C13H15ClN4OS. The van der Waals surface area contributed by atoms with Crippen molar-refractivity contribution in [2.24, 2.45) is 0 Å². The summed E-state index contributed by atoms with van der Waals surface area (Å²) in [5, 5.41) is 4.26. The molecule has 1 amide bonds. The van der Waals surface area contributed by atoms with Crippen molar-refractivity contribution in [3.63, 3.8) is 0 Å². The van der Waals surface area contributed by atoms with Crippen molar-refractivity contribution in [3.8, 4) is 5.69 Å². The van der Waals surface area contributed by atoms with Gasteiger partial charge in [0.15, 0.2) is 5.15 Å². The minimum absolute atomic E-state index is 0.0739. The van der Waals surface area contributed by atoms with Crippen molar-refractivity contribution >= 4 is 35.0 Å². The van der Waals surface area contributed by atoms with Gasteiger partial charge in [0.1, 0.15) is 5.69 Å². The summed E-state index contributed by atoms with van der Waals surface area (Å²) >= 11 is 7.36. The van der Waals surface area contributed by atoms with Gasteiger partial charge in [0, 0.05) is 28.1 Å². The Hall–Kier alpha value is -1.53. The third-order valence-electron chi connectivity index (χ3n) is 2.60. The van der Waals surface area contributed by atoms with Crippen LogP contribution in [0, 0.1) is 0 Å². The van der Waals surface area contributed by atoms with E-state index in [1.807, 2.05) is 0 Å². The van der Waals surface area contributed by atoms with Crippen LogP contribution in [0.5, 0.6) is 0 Å². The molecule has 0 saturated heterocycles. The molecule has 2 aromatic heterocycles. The fourth-order valence-electron chi connectivity index (χ4n) is 1.55. The zero-order valence-electron chi connectivity index (χ0n) is 13.1. The van der Waals surface area contributed by atoms with Gasteiger partial charge in [-0.3, -0.25) is 9.78 Å². The van der Waals surface area contributed by atoms with Crippen LogP contribution in [-0.2, 0) is 4.79 Å². The Balaban J connectivity index is 2.30. The lowest BCUT2D eigenvalue weighted by molar-refractivity contribution is -0.117. The number of anilines is 1. The third kappa shape index (κ3) is 3.32. The van der Waals surface area contributed by atoms with Gasteiger partial charge in [-0.15, -0.1) is 0 Å². The SMILES string of the molecule is [2H]C([2H])(CSC)C(=O)N(C)c1cn(-c2cccnc2)nc1Cl. The normalized spacial score (nSPS) is 12.8. The number of thioether (sulfide) groups is 1. The van der Waals surface area contributed by atoms with Crippen LogP contribution >= 0.6 is 23.4 Å². The molecule has 106 valence electrons. The maximum absolute atomic E-state index is 12.3. The summed E-state index contributed by atoms with van der Waals surface area (Å²) in [6.45, 7) is 0. The lowest BCUT2D eigenvalue weighted by Gasteiger charge is -2.14. The largest absolute Gasteiger partial charge is 0.311 e. The molecule has 0 atom stereocenters. The van der Waals surface area contributed by atoms with E-state index in [2.05, 4.69) is 10.1 Å². The van der Waals surface area contributed by atoms with E-state index in [4.69, 9.17) is 14.3 Å². The van der Waals surface area contributed by atoms with Crippen molar-refractivity contribution in [2.75, 3.05) is 24.0 Å². The van der Waals surface area contributed by atoms with Crippen LogP contribution < -0.4 is 4.90 Å². The fourth-order valence-corrected chi connectivity index (χ4v) is 2.08. The fraction of sp³-hybridized carbons (Fsp3) is 0.308.